The van der Waals surface area contributed by atoms with Gasteiger partial charge in [-0.2, -0.15) is 4.31 Å². The smallest absolute Gasteiger partial charge is 0.238 e. The summed E-state index contributed by atoms with van der Waals surface area (Å²) in [7, 11) is -2.02. The highest BCUT2D eigenvalue weighted by Crippen LogP contribution is 2.60. The Morgan fingerprint density at radius 3 is 2.73 bits per heavy atom. The minimum Gasteiger partial charge on any atom is -0.361 e. The zero-order chi connectivity index (χ0) is 21.7. The number of carbonyl (C=O) groups is 2. The molecule has 0 bridgehead atoms. The second-order valence-corrected chi connectivity index (χ2v) is 10.6. The molecule has 8 nitrogen and oxygen atoms in total. The SMILES string of the molecule is CNC(=O)[C@@H]1C[C@@]2(C[C@@H]2C(=O)NCCc2c[nH]c3ccc(C)cc23)CN1S(C)(=O)=O. The lowest BCUT2D eigenvalue weighted by molar-refractivity contribution is -0.124. The number of aromatic amines is 1. The van der Waals surface area contributed by atoms with Crippen LogP contribution in [0.3, 0.4) is 0 Å². The molecule has 2 heterocycles. The monoisotopic (exact) mass is 432 g/mol. The van der Waals surface area contributed by atoms with Gasteiger partial charge in [0.2, 0.25) is 21.8 Å². The fourth-order valence-corrected chi connectivity index (χ4v) is 5.90. The quantitative estimate of drug-likeness (QED) is 0.630. The lowest BCUT2D eigenvalue weighted by atomic mass is 9.99. The van der Waals surface area contributed by atoms with Crippen LogP contribution in [0, 0.1) is 18.3 Å². The van der Waals surface area contributed by atoms with Crippen molar-refractivity contribution in [2.45, 2.75) is 32.2 Å². The third-order valence-corrected chi connectivity index (χ3v) is 7.75. The predicted octanol–water partition coefficient (Wildman–Crippen LogP) is 0.921. The van der Waals surface area contributed by atoms with Crippen LogP contribution in [0.2, 0.25) is 0 Å². The van der Waals surface area contributed by atoms with E-state index >= 15 is 0 Å². The van der Waals surface area contributed by atoms with Gasteiger partial charge in [-0.25, -0.2) is 8.42 Å². The molecule has 1 aromatic heterocycles. The number of carbonyl (C=O) groups excluding carboxylic acids is 2. The number of likely N-dealkylation sites (N-methyl/N-ethyl adjacent to an activating group) is 1. The van der Waals surface area contributed by atoms with Gasteiger partial charge in [-0.15, -0.1) is 0 Å². The summed E-state index contributed by atoms with van der Waals surface area (Å²) in [6.07, 6.45) is 4.81. The molecule has 9 heteroatoms. The number of fused-ring (bicyclic) bond motifs is 1. The van der Waals surface area contributed by atoms with Crippen LogP contribution in [0.4, 0.5) is 0 Å². The van der Waals surface area contributed by atoms with E-state index in [1.807, 2.05) is 6.20 Å². The summed E-state index contributed by atoms with van der Waals surface area (Å²) in [5.41, 5.74) is 3.00. The molecule has 0 radical (unpaired) electrons. The van der Waals surface area contributed by atoms with Crippen molar-refractivity contribution in [3.63, 3.8) is 0 Å². The number of nitrogens with one attached hydrogen (secondary N) is 3. The molecule has 4 rings (SSSR count). The maximum absolute atomic E-state index is 12.7. The van der Waals surface area contributed by atoms with Crippen molar-refractivity contribution in [1.29, 1.82) is 0 Å². The van der Waals surface area contributed by atoms with Gasteiger partial charge in [0.15, 0.2) is 0 Å². The molecule has 1 saturated heterocycles. The molecule has 1 saturated carbocycles. The molecule has 1 spiro atoms. The Kier molecular flexibility index (Phi) is 5.14. The topological polar surface area (TPSA) is 111 Å². The maximum Gasteiger partial charge on any atom is 0.238 e. The summed E-state index contributed by atoms with van der Waals surface area (Å²) in [6, 6.07) is 5.51. The van der Waals surface area contributed by atoms with Gasteiger partial charge >= 0.3 is 0 Å². The minimum atomic E-state index is -3.52. The maximum atomic E-state index is 12.7. The van der Waals surface area contributed by atoms with Crippen molar-refractivity contribution >= 4 is 32.7 Å². The van der Waals surface area contributed by atoms with Gasteiger partial charge in [-0.3, -0.25) is 9.59 Å². The molecule has 0 unspecified atom stereocenters. The standard InChI is InChI=1S/C21H28N4O4S/c1-13-4-5-17-15(8-13)14(11-24-17)6-7-23-19(26)16-9-21(16)10-18(20(27)22-2)25(12-21)30(3,28)29/h4-5,8,11,16,18,24H,6-7,9-10,12H2,1-3H3,(H,22,27)(H,23,26)/t16-,18+,21+/m1/s1. The van der Waals surface area contributed by atoms with E-state index in [9.17, 15) is 18.0 Å². The van der Waals surface area contributed by atoms with Gasteiger partial charge in [0.25, 0.3) is 0 Å². The molecule has 1 aliphatic heterocycles. The summed E-state index contributed by atoms with van der Waals surface area (Å²) >= 11 is 0. The lowest BCUT2D eigenvalue weighted by Gasteiger charge is -2.20. The van der Waals surface area contributed by atoms with Gasteiger partial charge in [0, 0.05) is 43.2 Å². The molecule has 3 atom stereocenters. The summed E-state index contributed by atoms with van der Waals surface area (Å²) in [4.78, 5) is 28.2. The highest BCUT2D eigenvalue weighted by Gasteiger charge is 2.65. The molecular weight excluding hydrogens is 404 g/mol. The van der Waals surface area contributed by atoms with Crippen molar-refractivity contribution < 1.29 is 18.0 Å². The van der Waals surface area contributed by atoms with E-state index in [0.29, 0.717) is 25.8 Å². The van der Waals surface area contributed by atoms with Crippen LogP contribution in [0.25, 0.3) is 10.9 Å². The van der Waals surface area contributed by atoms with Crippen LogP contribution in [0.1, 0.15) is 24.0 Å². The third-order valence-electron chi connectivity index (χ3n) is 6.52. The molecule has 2 aliphatic rings. The van der Waals surface area contributed by atoms with Crippen LogP contribution in [-0.4, -0.2) is 62.0 Å². The van der Waals surface area contributed by atoms with E-state index in [-0.39, 0.29) is 24.3 Å². The molecule has 2 amide bonds. The van der Waals surface area contributed by atoms with Crippen molar-refractivity contribution in [1.82, 2.24) is 19.9 Å². The first-order chi connectivity index (χ1) is 14.1. The zero-order valence-corrected chi connectivity index (χ0v) is 18.3. The number of sulfonamides is 1. The van der Waals surface area contributed by atoms with Crippen LogP contribution >= 0.6 is 0 Å². The minimum absolute atomic E-state index is 0.0583. The highest BCUT2D eigenvalue weighted by atomic mass is 32.2. The van der Waals surface area contributed by atoms with E-state index in [2.05, 4.69) is 40.7 Å². The molecule has 2 fully saturated rings. The fraction of sp³-hybridized carbons (Fsp3) is 0.524. The molecule has 1 aliphatic carbocycles. The van der Waals surface area contributed by atoms with E-state index in [1.165, 1.54) is 22.3 Å². The van der Waals surface area contributed by atoms with Crippen molar-refractivity contribution in [2.24, 2.45) is 11.3 Å². The van der Waals surface area contributed by atoms with Crippen LogP contribution in [-0.2, 0) is 26.0 Å². The lowest BCUT2D eigenvalue weighted by Crippen LogP contribution is -2.44. The summed E-state index contributed by atoms with van der Waals surface area (Å²) in [6.45, 7) is 2.79. The number of benzene rings is 1. The van der Waals surface area contributed by atoms with Crippen molar-refractivity contribution in [3.05, 3.63) is 35.5 Å². The summed E-state index contributed by atoms with van der Waals surface area (Å²) in [5, 5.41) is 6.71. The Labute approximate surface area is 176 Å². The van der Waals surface area contributed by atoms with Crippen LogP contribution in [0.5, 0.6) is 0 Å². The number of hydrogen-bond acceptors (Lipinski definition) is 4. The van der Waals surface area contributed by atoms with Gasteiger partial charge in [0.1, 0.15) is 6.04 Å². The van der Waals surface area contributed by atoms with Gasteiger partial charge in [0.05, 0.1) is 6.26 Å². The Bertz CT molecular complexity index is 1110. The van der Waals surface area contributed by atoms with Crippen molar-refractivity contribution in [3.8, 4) is 0 Å². The molecule has 1 aromatic carbocycles. The van der Waals surface area contributed by atoms with E-state index in [0.717, 1.165) is 17.3 Å². The normalized spacial score (nSPS) is 26.2. The first-order valence-electron chi connectivity index (χ1n) is 10.2. The Balaban J connectivity index is 1.37. The molecule has 2 aromatic rings. The average Bonchev–Trinajstić information content (AvgIpc) is 3.03. The van der Waals surface area contributed by atoms with Crippen molar-refractivity contribution in [2.75, 3.05) is 26.4 Å². The van der Waals surface area contributed by atoms with Crippen LogP contribution < -0.4 is 10.6 Å². The van der Waals surface area contributed by atoms with Gasteiger partial charge < -0.3 is 15.6 Å². The molecule has 30 heavy (non-hydrogen) atoms. The molecule has 162 valence electrons. The highest BCUT2D eigenvalue weighted by molar-refractivity contribution is 7.88. The van der Waals surface area contributed by atoms with E-state index in [4.69, 9.17) is 0 Å². The van der Waals surface area contributed by atoms with Gasteiger partial charge in [-0.05, 0) is 49.3 Å². The zero-order valence-electron chi connectivity index (χ0n) is 17.5. The number of H-pyrrole nitrogens is 1. The van der Waals surface area contributed by atoms with E-state index < -0.39 is 21.5 Å². The number of nitrogens with zero attached hydrogens (tertiary/aromatic N) is 1. The average molecular weight is 433 g/mol. The second kappa shape index (κ2) is 7.39. The Morgan fingerprint density at radius 1 is 1.27 bits per heavy atom. The molecule has 3 N–H and O–H groups in total. The Hall–Kier alpha value is -2.39. The first-order valence-corrected chi connectivity index (χ1v) is 12.0. The van der Waals surface area contributed by atoms with Crippen LogP contribution in [0.15, 0.2) is 24.4 Å². The number of aromatic nitrogens is 1. The third kappa shape index (κ3) is 3.72. The number of hydrogen-bond donors (Lipinski definition) is 3. The summed E-state index contributed by atoms with van der Waals surface area (Å²) < 4.78 is 25.5. The number of aryl methyl sites for hydroxylation is 1. The van der Waals surface area contributed by atoms with Gasteiger partial charge in [-0.1, -0.05) is 11.6 Å². The predicted molar refractivity (Wildman–Crippen MR) is 114 cm³/mol. The largest absolute Gasteiger partial charge is 0.361 e. The molecular formula is C21H28N4O4S. The number of rotatable bonds is 6. The Morgan fingerprint density at radius 2 is 2.03 bits per heavy atom. The second-order valence-electron chi connectivity index (χ2n) is 8.67. The fourth-order valence-electron chi connectivity index (χ4n) is 4.77. The summed E-state index contributed by atoms with van der Waals surface area (Å²) in [5.74, 6) is -0.628. The first kappa shape index (κ1) is 20.9. The number of amides is 2. The van der Waals surface area contributed by atoms with E-state index in [1.54, 1.807) is 0 Å².